The van der Waals surface area contributed by atoms with Gasteiger partial charge in [0.1, 0.15) is 4.70 Å². The van der Waals surface area contributed by atoms with Gasteiger partial charge < -0.3 is 5.32 Å². The minimum atomic E-state index is -0.132. The number of carbonyl (C=O) groups is 1. The lowest BCUT2D eigenvalue weighted by atomic mass is 10.1. The Balaban J connectivity index is 1.60. The Hall–Kier alpha value is -2.90. The van der Waals surface area contributed by atoms with Crippen LogP contribution in [0.5, 0.6) is 0 Å². The largest absolute Gasteiger partial charge is 0.325 e. The number of hydrogen-bond donors (Lipinski definition) is 1. The number of aryl methyl sites for hydroxylation is 1. The van der Waals surface area contributed by atoms with Gasteiger partial charge in [-0.25, -0.2) is 4.98 Å². The topological polar surface area (TPSA) is 64.0 Å². The molecule has 0 saturated heterocycles. The number of amides is 1. The van der Waals surface area contributed by atoms with Crippen molar-refractivity contribution in [1.82, 2.24) is 9.55 Å². The zero-order valence-corrected chi connectivity index (χ0v) is 17.6. The average molecular weight is 422 g/mol. The molecule has 0 radical (unpaired) electrons. The van der Waals surface area contributed by atoms with E-state index in [2.05, 4.69) is 5.32 Å². The molecule has 2 aromatic heterocycles. The minimum absolute atomic E-state index is 0.0935. The first kappa shape index (κ1) is 19.4. The van der Waals surface area contributed by atoms with E-state index in [1.807, 2.05) is 66.9 Å². The molecule has 5 nitrogen and oxygen atoms in total. The zero-order valence-electron chi connectivity index (χ0n) is 16.0. The first-order valence-corrected chi connectivity index (χ1v) is 10.9. The van der Waals surface area contributed by atoms with E-state index in [-0.39, 0.29) is 17.2 Å². The van der Waals surface area contributed by atoms with Crippen molar-refractivity contribution in [3.05, 3.63) is 75.9 Å². The quantitative estimate of drug-likeness (QED) is 0.375. The van der Waals surface area contributed by atoms with Crippen molar-refractivity contribution in [2.45, 2.75) is 12.1 Å². The Morgan fingerprint density at radius 1 is 1.14 bits per heavy atom. The van der Waals surface area contributed by atoms with Gasteiger partial charge in [-0.05, 0) is 24.1 Å². The molecule has 0 aliphatic rings. The molecule has 146 valence electrons. The van der Waals surface area contributed by atoms with Gasteiger partial charge in [0.25, 0.3) is 5.56 Å². The Bertz CT molecular complexity index is 1250. The number of rotatable bonds is 5. The fourth-order valence-electron chi connectivity index (χ4n) is 3.01. The van der Waals surface area contributed by atoms with Crippen molar-refractivity contribution in [1.29, 1.82) is 0 Å². The molecule has 0 aliphatic carbocycles. The predicted octanol–water partition coefficient (Wildman–Crippen LogP) is 4.70. The van der Waals surface area contributed by atoms with Crippen LogP contribution in [0.4, 0.5) is 5.69 Å². The van der Waals surface area contributed by atoms with Gasteiger partial charge in [-0.2, -0.15) is 0 Å². The maximum absolute atomic E-state index is 12.8. The molecule has 7 heteroatoms. The molecule has 2 heterocycles. The summed E-state index contributed by atoms with van der Waals surface area (Å²) in [6, 6.07) is 17.5. The highest BCUT2D eigenvalue weighted by atomic mass is 32.2. The van der Waals surface area contributed by atoms with Gasteiger partial charge in [0.05, 0.1) is 11.3 Å². The van der Waals surface area contributed by atoms with Crippen LogP contribution in [-0.4, -0.2) is 21.2 Å². The van der Waals surface area contributed by atoms with E-state index in [1.54, 1.807) is 7.05 Å². The highest BCUT2D eigenvalue weighted by molar-refractivity contribution is 7.99. The standard InChI is InChI=1S/C22H19N3O2S2/c1-14-8-6-7-11-17(14)23-18(26)13-29-22-24-19-16(15-9-4-3-5-10-15)12-28-20(19)21(27)25(22)2/h3-12H,13H2,1-2H3,(H,23,26). The SMILES string of the molecule is Cc1ccccc1NC(=O)CSc1nc2c(-c3ccccc3)csc2c(=O)n1C. The number of nitrogens with one attached hydrogen (secondary N) is 1. The zero-order chi connectivity index (χ0) is 20.4. The molecule has 0 aliphatic heterocycles. The number of carbonyl (C=O) groups excluding carboxylic acids is 1. The maximum atomic E-state index is 12.8. The van der Waals surface area contributed by atoms with Crippen LogP contribution in [0, 0.1) is 6.92 Å². The van der Waals surface area contributed by atoms with Gasteiger partial charge in [0.15, 0.2) is 5.16 Å². The van der Waals surface area contributed by atoms with E-state index in [9.17, 15) is 9.59 Å². The van der Waals surface area contributed by atoms with Crippen LogP contribution < -0.4 is 10.9 Å². The van der Waals surface area contributed by atoms with Gasteiger partial charge in [0.2, 0.25) is 5.91 Å². The molecule has 4 rings (SSSR count). The monoisotopic (exact) mass is 421 g/mol. The summed E-state index contributed by atoms with van der Waals surface area (Å²) in [7, 11) is 1.69. The van der Waals surface area contributed by atoms with Crippen LogP contribution in [0.1, 0.15) is 5.56 Å². The summed E-state index contributed by atoms with van der Waals surface area (Å²) in [6.07, 6.45) is 0. The molecule has 0 atom stereocenters. The van der Waals surface area contributed by atoms with Crippen LogP contribution >= 0.6 is 23.1 Å². The lowest BCUT2D eigenvalue weighted by molar-refractivity contribution is -0.113. The molecule has 0 saturated carbocycles. The third-order valence-electron chi connectivity index (χ3n) is 4.59. The van der Waals surface area contributed by atoms with Crippen LogP contribution in [0.25, 0.3) is 21.3 Å². The van der Waals surface area contributed by atoms with Gasteiger partial charge in [0, 0.05) is 23.7 Å². The first-order valence-electron chi connectivity index (χ1n) is 9.06. The molecule has 1 amide bonds. The van der Waals surface area contributed by atoms with Gasteiger partial charge in [-0.3, -0.25) is 14.2 Å². The summed E-state index contributed by atoms with van der Waals surface area (Å²) in [6.45, 7) is 1.95. The molecule has 0 unspecified atom stereocenters. The van der Waals surface area contributed by atoms with Gasteiger partial charge >= 0.3 is 0 Å². The van der Waals surface area contributed by atoms with Crippen molar-refractivity contribution in [2.24, 2.45) is 7.05 Å². The number of aromatic nitrogens is 2. The molecule has 0 bridgehead atoms. The van der Waals surface area contributed by atoms with Crippen molar-refractivity contribution in [3.8, 4) is 11.1 Å². The highest BCUT2D eigenvalue weighted by Crippen LogP contribution is 2.32. The Labute approximate surface area is 176 Å². The van der Waals surface area contributed by atoms with Crippen molar-refractivity contribution < 1.29 is 4.79 Å². The van der Waals surface area contributed by atoms with E-state index in [1.165, 1.54) is 27.7 Å². The fraction of sp³-hybridized carbons (Fsp3) is 0.136. The molecular formula is C22H19N3O2S2. The lowest BCUT2D eigenvalue weighted by Gasteiger charge is -2.10. The molecule has 2 aromatic carbocycles. The minimum Gasteiger partial charge on any atom is -0.325 e. The summed E-state index contributed by atoms with van der Waals surface area (Å²) >= 11 is 2.66. The van der Waals surface area contributed by atoms with Crippen molar-refractivity contribution >= 4 is 44.9 Å². The normalized spacial score (nSPS) is 11.0. The highest BCUT2D eigenvalue weighted by Gasteiger charge is 2.16. The van der Waals surface area contributed by atoms with Crippen molar-refractivity contribution in [3.63, 3.8) is 0 Å². The third kappa shape index (κ3) is 3.97. The van der Waals surface area contributed by atoms with Crippen LogP contribution in [-0.2, 0) is 11.8 Å². The fourth-order valence-corrected chi connectivity index (χ4v) is 4.76. The van der Waals surface area contributed by atoms with Gasteiger partial charge in [-0.15, -0.1) is 11.3 Å². The second kappa shape index (κ2) is 8.23. The number of hydrogen-bond acceptors (Lipinski definition) is 5. The van der Waals surface area contributed by atoms with Crippen LogP contribution in [0.3, 0.4) is 0 Å². The van der Waals surface area contributed by atoms with Gasteiger partial charge in [-0.1, -0.05) is 60.3 Å². The molecule has 0 spiro atoms. The second-order valence-electron chi connectivity index (χ2n) is 6.60. The van der Waals surface area contributed by atoms with E-state index in [0.29, 0.717) is 15.4 Å². The molecule has 29 heavy (non-hydrogen) atoms. The van der Waals surface area contributed by atoms with E-state index >= 15 is 0 Å². The molecule has 0 fully saturated rings. The van der Waals surface area contributed by atoms with Crippen LogP contribution in [0.15, 0.2) is 69.9 Å². The average Bonchev–Trinajstić information content (AvgIpc) is 3.16. The predicted molar refractivity (Wildman–Crippen MR) is 121 cm³/mol. The number of fused-ring (bicyclic) bond motifs is 1. The van der Waals surface area contributed by atoms with E-state index in [0.717, 1.165) is 22.4 Å². The number of nitrogens with zero attached hydrogens (tertiary/aromatic N) is 2. The maximum Gasteiger partial charge on any atom is 0.271 e. The summed E-state index contributed by atoms with van der Waals surface area (Å²) in [5.41, 5.74) is 4.35. The molecular weight excluding hydrogens is 402 g/mol. The second-order valence-corrected chi connectivity index (χ2v) is 8.43. The van der Waals surface area contributed by atoms with Crippen molar-refractivity contribution in [2.75, 3.05) is 11.1 Å². The number of para-hydroxylation sites is 1. The number of anilines is 1. The lowest BCUT2D eigenvalue weighted by Crippen LogP contribution is -2.21. The summed E-state index contributed by atoms with van der Waals surface area (Å²) in [5.74, 6) is 0.0394. The number of thiophene rings is 1. The smallest absolute Gasteiger partial charge is 0.271 e. The molecule has 4 aromatic rings. The van der Waals surface area contributed by atoms with Crippen LogP contribution in [0.2, 0.25) is 0 Å². The molecule has 1 N–H and O–H groups in total. The number of benzene rings is 2. The Morgan fingerprint density at radius 2 is 1.86 bits per heavy atom. The third-order valence-corrected chi connectivity index (χ3v) is 6.58. The van der Waals surface area contributed by atoms with E-state index in [4.69, 9.17) is 4.98 Å². The first-order chi connectivity index (χ1) is 14.0. The Kier molecular flexibility index (Phi) is 5.51. The number of thioether (sulfide) groups is 1. The summed E-state index contributed by atoms with van der Waals surface area (Å²) < 4.78 is 2.14. The Morgan fingerprint density at radius 3 is 2.62 bits per heavy atom. The van der Waals surface area contributed by atoms with E-state index < -0.39 is 0 Å². The summed E-state index contributed by atoms with van der Waals surface area (Å²) in [4.78, 5) is 29.9. The summed E-state index contributed by atoms with van der Waals surface area (Å²) in [5, 5.41) is 5.40.